The number of benzene rings is 2. The number of carbonyl (C=O) groups excluding carboxylic acids is 1. The van der Waals surface area contributed by atoms with Crippen molar-refractivity contribution in [3.05, 3.63) is 88.5 Å². The summed E-state index contributed by atoms with van der Waals surface area (Å²) in [6.45, 7) is 4.78. The molecule has 0 radical (unpaired) electrons. The maximum atomic E-state index is 13.2. The topological polar surface area (TPSA) is 56.1 Å². The monoisotopic (exact) mass is 393 g/mol. The Hall–Kier alpha value is -3.25. The molecule has 150 valence electrons. The van der Waals surface area contributed by atoms with E-state index >= 15 is 0 Å². The van der Waals surface area contributed by atoms with Gasteiger partial charge in [-0.2, -0.15) is 5.10 Å². The van der Waals surface area contributed by atoms with Gasteiger partial charge in [0.25, 0.3) is 0 Å². The number of ether oxygens (including phenoxy) is 1. The molecular formula is C23H24FN3O2. The van der Waals surface area contributed by atoms with Crippen LogP contribution in [-0.2, 0) is 22.7 Å². The van der Waals surface area contributed by atoms with Crippen LogP contribution in [0.5, 0.6) is 0 Å². The van der Waals surface area contributed by atoms with Crippen LogP contribution in [0, 0.1) is 19.7 Å². The van der Waals surface area contributed by atoms with E-state index in [1.165, 1.54) is 18.2 Å². The Balaban J connectivity index is 1.67. The van der Waals surface area contributed by atoms with Crippen molar-refractivity contribution in [2.24, 2.45) is 0 Å². The lowest BCUT2D eigenvalue weighted by molar-refractivity contribution is -0.116. The zero-order valence-electron chi connectivity index (χ0n) is 16.8. The van der Waals surface area contributed by atoms with Crippen molar-refractivity contribution in [2.45, 2.75) is 27.0 Å². The van der Waals surface area contributed by atoms with Crippen LogP contribution in [0.4, 0.5) is 4.39 Å². The van der Waals surface area contributed by atoms with E-state index in [4.69, 9.17) is 4.74 Å². The summed E-state index contributed by atoms with van der Waals surface area (Å²) in [4.78, 5) is 12.2. The number of aryl methyl sites for hydroxylation is 1. The average molecular weight is 393 g/mol. The van der Waals surface area contributed by atoms with E-state index in [0.717, 1.165) is 33.8 Å². The van der Waals surface area contributed by atoms with Gasteiger partial charge in [-0.05, 0) is 55.3 Å². The summed E-state index contributed by atoms with van der Waals surface area (Å²) in [6, 6.07) is 14.0. The van der Waals surface area contributed by atoms with E-state index in [9.17, 15) is 9.18 Å². The first-order valence-corrected chi connectivity index (χ1v) is 9.32. The number of carbonyl (C=O) groups is 1. The number of hydrogen-bond donors (Lipinski definition) is 1. The highest BCUT2D eigenvalue weighted by Crippen LogP contribution is 2.19. The molecule has 0 bridgehead atoms. The highest BCUT2D eigenvalue weighted by atomic mass is 19.1. The van der Waals surface area contributed by atoms with E-state index in [1.54, 1.807) is 30.0 Å². The molecule has 0 atom stereocenters. The van der Waals surface area contributed by atoms with Crippen molar-refractivity contribution in [2.75, 3.05) is 7.11 Å². The maximum Gasteiger partial charge on any atom is 0.244 e. The van der Waals surface area contributed by atoms with Gasteiger partial charge < -0.3 is 10.1 Å². The Morgan fingerprint density at radius 1 is 1.17 bits per heavy atom. The molecule has 1 aromatic heterocycles. The zero-order chi connectivity index (χ0) is 20.8. The first kappa shape index (κ1) is 20.5. The van der Waals surface area contributed by atoms with E-state index in [0.29, 0.717) is 13.2 Å². The number of methoxy groups -OCH3 is 1. The second-order valence-corrected chi connectivity index (χ2v) is 6.78. The molecule has 3 aromatic rings. The number of rotatable bonds is 7. The molecule has 0 saturated heterocycles. The molecule has 6 heteroatoms. The highest BCUT2D eigenvalue weighted by molar-refractivity contribution is 5.92. The summed E-state index contributed by atoms with van der Waals surface area (Å²) in [5, 5.41) is 7.39. The van der Waals surface area contributed by atoms with Crippen molar-refractivity contribution in [3.8, 4) is 5.69 Å². The molecular weight excluding hydrogens is 369 g/mol. The van der Waals surface area contributed by atoms with Gasteiger partial charge in [-0.3, -0.25) is 4.79 Å². The van der Waals surface area contributed by atoms with Crippen LogP contribution in [0.3, 0.4) is 0 Å². The highest BCUT2D eigenvalue weighted by Gasteiger charge is 2.11. The smallest absolute Gasteiger partial charge is 0.244 e. The van der Waals surface area contributed by atoms with Gasteiger partial charge in [0.2, 0.25) is 5.91 Å². The number of halogens is 1. The minimum atomic E-state index is -0.292. The van der Waals surface area contributed by atoms with Crippen molar-refractivity contribution in [1.82, 2.24) is 15.1 Å². The molecule has 3 rings (SSSR count). The van der Waals surface area contributed by atoms with Crippen LogP contribution in [0.2, 0.25) is 0 Å². The molecule has 0 spiro atoms. The van der Waals surface area contributed by atoms with Crippen LogP contribution in [0.15, 0.2) is 54.6 Å². The number of amides is 1. The Labute approximate surface area is 169 Å². The molecule has 5 nitrogen and oxygen atoms in total. The lowest BCUT2D eigenvalue weighted by atomic mass is 10.1. The molecule has 0 aliphatic heterocycles. The first-order chi connectivity index (χ1) is 14.0. The number of hydrogen-bond acceptors (Lipinski definition) is 3. The van der Waals surface area contributed by atoms with Crippen LogP contribution >= 0.6 is 0 Å². The standard InChI is InChI=1S/C23H24FN3O2/c1-16-22(17(2)27(26-16)21-9-7-20(24)8-10-21)11-12-23(28)25-14-18-5-4-6-19(13-18)15-29-3/h4-13H,14-15H2,1-3H3,(H,25,28)/b12-11+. The Morgan fingerprint density at radius 3 is 2.62 bits per heavy atom. The third kappa shape index (κ3) is 5.18. The van der Waals surface area contributed by atoms with Gasteiger partial charge in [-0.15, -0.1) is 0 Å². The minimum Gasteiger partial charge on any atom is -0.380 e. The molecule has 1 N–H and O–H groups in total. The third-order valence-electron chi connectivity index (χ3n) is 4.59. The van der Waals surface area contributed by atoms with Gasteiger partial charge >= 0.3 is 0 Å². The predicted molar refractivity (Wildman–Crippen MR) is 111 cm³/mol. The van der Waals surface area contributed by atoms with Gasteiger partial charge in [-0.25, -0.2) is 9.07 Å². The normalized spacial score (nSPS) is 11.2. The van der Waals surface area contributed by atoms with Crippen molar-refractivity contribution in [3.63, 3.8) is 0 Å². The van der Waals surface area contributed by atoms with E-state index in [-0.39, 0.29) is 11.7 Å². The molecule has 1 heterocycles. The Kier molecular flexibility index (Phi) is 6.57. The van der Waals surface area contributed by atoms with Crippen molar-refractivity contribution < 1.29 is 13.9 Å². The van der Waals surface area contributed by atoms with E-state index in [2.05, 4.69) is 10.4 Å². The van der Waals surface area contributed by atoms with Crippen LogP contribution in [0.25, 0.3) is 11.8 Å². The molecule has 29 heavy (non-hydrogen) atoms. The molecule has 0 aliphatic carbocycles. The van der Waals surface area contributed by atoms with Gasteiger partial charge in [0.05, 0.1) is 18.0 Å². The van der Waals surface area contributed by atoms with Gasteiger partial charge in [0, 0.05) is 31.0 Å². The average Bonchev–Trinajstić information content (AvgIpc) is 2.99. The fraction of sp³-hybridized carbons (Fsp3) is 0.217. The fourth-order valence-corrected chi connectivity index (χ4v) is 3.13. The lowest BCUT2D eigenvalue weighted by Gasteiger charge is -2.06. The minimum absolute atomic E-state index is 0.185. The molecule has 0 unspecified atom stereocenters. The largest absolute Gasteiger partial charge is 0.380 e. The summed E-state index contributed by atoms with van der Waals surface area (Å²) in [5.74, 6) is -0.477. The third-order valence-corrected chi connectivity index (χ3v) is 4.59. The van der Waals surface area contributed by atoms with Crippen LogP contribution in [-0.4, -0.2) is 22.8 Å². The number of aromatic nitrogens is 2. The van der Waals surface area contributed by atoms with E-state index < -0.39 is 0 Å². The van der Waals surface area contributed by atoms with E-state index in [1.807, 2.05) is 38.1 Å². The van der Waals surface area contributed by atoms with Gasteiger partial charge in [0.15, 0.2) is 0 Å². The molecule has 2 aromatic carbocycles. The zero-order valence-corrected chi connectivity index (χ0v) is 16.8. The first-order valence-electron chi connectivity index (χ1n) is 9.32. The molecule has 0 aliphatic rings. The van der Waals surface area contributed by atoms with Gasteiger partial charge in [-0.1, -0.05) is 24.3 Å². The summed E-state index contributed by atoms with van der Waals surface area (Å²) in [5.41, 5.74) is 5.39. The fourth-order valence-electron chi connectivity index (χ4n) is 3.13. The summed E-state index contributed by atoms with van der Waals surface area (Å²) < 4.78 is 20.0. The summed E-state index contributed by atoms with van der Waals surface area (Å²) in [7, 11) is 1.65. The molecule has 1 amide bonds. The number of nitrogens with zero attached hydrogens (tertiary/aromatic N) is 2. The van der Waals surface area contributed by atoms with Crippen molar-refractivity contribution in [1.29, 1.82) is 0 Å². The quantitative estimate of drug-likeness (QED) is 0.615. The SMILES string of the molecule is COCc1cccc(CNC(=O)/C=C/c2c(C)nn(-c3ccc(F)cc3)c2C)c1. The summed E-state index contributed by atoms with van der Waals surface area (Å²) >= 11 is 0. The summed E-state index contributed by atoms with van der Waals surface area (Å²) in [6.07, 6.45) is 3.26. The molecule has 0 saturated carbocycles. The molecule has 0 fully saturated rings. The second kappa shape index (κ2) is 9.30. The Bertz CT molecular complexity index is 1020. The maximum absolute atomic E-state index is 13.2. The van der Waals surface area contributed by atoms with Gasteiger partial charge in [0.1, 0.15) is 5.82 Å². The van der Waals surface area contributed by atoms with Crippen LogP contribution in [0.1, 0.15) is 28.1 Å². The van der Waals surface area contributed by atoms with Crippen molar-refractivity contribution >= 4 is 12.0 Å². The number of nitrogens with one attached hydrogen (secondary N) is 1. The predicted octanol–water partition coefficient (Wildman–Crippen LogP) is 4.10. The Morgan fingerprint density at radius 2 is 1.90 bits per heavy atom. The lowest BCUT2D eigenvalue weighted by Crippen LogP contribution is -2.20. The van der Waals surface area contributed by atoms with Crippen LogP contribution < -0.4 is 5.32 Å². The second-order valence-electron chi connectivity index (χ2n) is 6.78.